The normalized spacial score (nSPS) is 19.4. The number of anilines is 2. The minimum Gasteiger partial charge on any atom is -0.366 e. The monoisotopic (exact) mass is 333 g/mol. The molecule has 3 rings (SSSR count). The smallest absolute Gasteiger partial charge is 0.225 e. The number of rotatable bonds is 5. The second-order valence-electron chi connectivity index (χ2n) is 5.67. The van der Waals surface area contributed by atoms with E-state index in [1.807, 2.05) is 25.1 Å². The van der Waals surface area contributed by atoms with Crippen molar-refractivity contribution < 1.29 is 8.42 Å². The maximum absolute atomic E-state index is 11.5. The molecule has 122 valence electrons. The van der Waals surface area contributed by atoms with Crippen molar-refractivity contribution in [2.24, 2.45) is 0 Å². The minimum atomic E-state index is -2.92. The molecule has 0 aliphatic carbocycles. The highest BCUT2D eigenvalue weighted by molar-refractivity contribution is 7.91. The number of aryl methyl sites for hydroxylation is 1. The Morgan fingerprint density at radius 3 is 2.74 bits per heavy atom. The summed E-state index contributed by atoms with van der Waals surface area (Å²) in [6.07, 6.45) is 4.09. The standard InChI is InChI=1S/C15H19N5O2S/c1-11-8-14(17-9-12-2-5-16-6-3-12)20-15(18-11)19-13-4-7-23(21,22)10-13/h2-3,5-6,8,13H,4,7,9-10H2,1H3,(H2,17,18,19,20). The van der Waals surface area contributed by atoms with E-state index in [1.165, 1.54) is 0 Å². The molecule has 8 heteroatoms. The van der Waals surface area contributed by atoms with Gasteiger partial charge in [-0.2, -0.15) is 4.98 Å². The van der Waals surface area contributed by atoms with E-state index < -0.39 is 9.84 Å². The summed E-state index contributed by atoms with van der Waals surface area (Å²) >= 11 is 0. The molecule has 3 heterocycles. The van der Waals surface area contributed by atoms with Crippen LogP contribution in [0.25, 0.3) is 0 Å². The fraction of sp³-hybridized carbons (Fsp3) is 0.400. The summed E-state index contributed by atoms with van der Waals surface area (Å²) in [7, 11) is -2.92. The third-order valence-corrected chi connectivity index (χ3v) is 5.41. The second-order valence-corrected chi connectivity index (χ2v) is 7.90. The van der Waals surface area contributed by atoms with Gasteiger partial charge in [-0.1, -0.05) is 0 Å². The lowest BCUT2D eigenvalue weighted by molar-refractivity contribution is 0.602. The van der Waals surface area contributed by atoms with Crippen LogP contribution >= 0.6 is 0 Å². The molecule has 1 fully saturated rings. The Morgan fingerprint density at radius 1 is 1.26 bits per heavy atom. The highest BCUT2D eigenvalue weighted by Crippen LogP contribution is 2.17. The minimum absolute atomic E-state index is 0.116. The molecule has 2 N–H and O–H groups in total. The Balaban J connectivity index is 1.67. The van der Waals surface area contributed by atoms with Crippen molar-refractivity contribution in [2.75, 3.05) is 22.1 Å². The molecule has 0 bridgehead atoms. The van der Waals surface area contributed by atoms with Crippen LogP contribution in [0.1, 0.15) is 17.7 Å². The molecule has 23 heavy (non-hydrogen) atoms. The Morgan fingerprint density at radius 2 is 2.04 bits per heavy atom. The van der Waals surface area contributed by atoms with E-state index in [-0.39, 0.29) is 17.5 Å². The number of nitrogens with zero attached hydrogens (tertiary/aromatic N) is 3. The van der Waals surface area contributed by atoms with Crippen LogP contribution in [-0.4, -0.2) is 40.9 Å². The van der Waals surface area contributed by atoms with Gasteiger partial charge in [0.25, 0.3) is 0 Å². The molecule has 0 saturated carbocycles. The van der Waals surface area contributed by atoms with Gasteiger partial charge in [0.15, 0.2) is 9.84 Å². The van der Waals surface area contributed by atoms with Crippen LogP contribution in [0.15, 0.2) is 30.6 Å². The predicted octanol–water partition coefficient (Wildman–Crippen LogP) is 1.39. The number of sulfone groups is 1. The molecule has 2 aromatic rings. The quantitative estimate of drug-likeness (QED) is 0.853. The Hall–Kier alpha value is -2.22. The van der Waals surface area contributed by atoms with E-state index in [2.05, 4.69) is 25.6 Å². The van der Waals surface area contributed by atoms with Gasteiger partial charge in [0, 0.05) is 36.7 Å². The zero-order chi connectivity index (χ0) is 16.3. The lowest BCUT2D eigenvalue weighted by Gasteiger charge is -2.13. The lowest BCUT2D eigenvalue weighted by atomic mass is 10.2. The number of aromatic nitrogens is 3. The van der Waals surface area contributed by atoms with E-state index in [1.54, 1.807) is 12.4 Å². The first-order chi connectivity index (χ1) is 11.0. The molecule has 1 unspecified atom stereocenters. The van der Waals surface area contributed by atoms with Gasteiger partial charge in [-0.15, -0.1) is 0 Å². The summed E-state index contributed by atoms with van der Waals surface area (Å²) in [6, 6.07) is 5.61. The largest absolute Gasteiger partial charge is 0.366 e. The summed E-state index contributed by atoms with van der Waals surface area (Å²) in [5.74, 6) is 1.54. The van der Waals surface area contributed by atoms with Crippen molar-refractivity contribution in [3.63, 3.8) is 0 Å². The Bertz CT molecular complexity index is 780. The van der Waals surface area contributed by atoms with E-state index >= 15 is 0 Å². The first-order valence-corrected chi connectivity index (χ1v) is 9.28. The molecule has 0 amide bonds. The Kier molecular flexibility index (Phi) is 4.42. The Labute approximate surface area is 135 Å². The molecule has 2 aromatic heterocycles. The average molecular weight is 333 g/mol. The average Bonchev–Trinajstić information content (AvgIpc) is 2.84. The van der Waals surface area contributed by atoms with Gasteiger partial charge in [-0.3, -0.25) is 4.98 Å². The third-order valence-electron chi connectivity index (χ3n) is 3.64. The molecule has 0 radical (unpaired) electrons. The van der Waals surface area contributed by atoms with Crippen LogP contribution in [-0.2, 0) is 16.4 Å². The van der Waals surface area contributed by atoms with Gasteiger partial charge in [-0.05, 0) is 31.0 Å². The first-order valence-electron chi connectivity index (χ1n) is 7.46. The van der Waals surface area contributed by atoms with Crippen molar-refractivity contribution in [1.82, 2.24) is 15.0 Å². The van der Waals surface area contributed by atoms with Crippen molar-refractivity contribution in [2.45, 2.75) is 25.9 Å². The third kappa shape index (κ3) is 4.38. The number of pyridine rings is 1. The molecule has 0 aromatic carbocycles. The molecule has 1 aliphatic rings. The fourth-order valence-electron chi connectivity index (χ4n) is 2.51. The SMILES string of the molecule is Cc1cc(NCc2ccncc2)nc(NC2CCS(=O)(=O)C2)n1. The van der Waals surface area contributed by atoms with E-state index in [0.717, 1.165) is 11.3 Å². The molecule has 0 spiro atoms. The molecular formula is C15H19N5O2S. The maximum atomic E-state index is 11.5. The van der Waals surface area contributed by atoms with Gasteiger partial charge in [0.2, 0.25) is 5.95 Å². The van der Waals surface area contributed by atoms with E-state index in [0.29, 0.717) is 24.7 Å². The van der Waals surface area contributed by atoms with Crippen LogP contribution in [0.4, 0.5) is 11.8 Å². The molecular weight excluding hydrogens is 314 g/mol. The second kappa shape index (κ2) is 6.49. The highest BCUT2D eigenvalue weighted by Gasteiger charge is 2.28. The van der Waals surface area contributed by atoms with Gasteiger partial charge >= 0.3 is 0 Å². The topological polar surface area (TPSA) is 96.9 Å². The summed E-state index contributed by atoms with van der Waals surface area (Å²) in [4.78, 5) is 12.7. The molecule has 1 saturated heterocycles. The molecule has 1 aliphatic heterocycles. The zero-order valence-corrected chi connectivity index (χ0v) is 13.7. The zero-order valence-electron chi connectivity index (χ0n) is 12.9. The lowest BCUT2D eigenvalue weighted by Crippen LogP contribution is -2.22. The van der Waals surface area contributed by atoms with Crippen molar-refractivity contribution in [3.8, 4) is 0 Å². The van der Waals surface area contributed by atoms with Gasteiger partial charge < -0.3 is 10.6 Å². The van der Waals surface area contributed by atoms with Crippen molar-refractivity contribution >= 4 is 21.6 Å². The number of nitrogens with one attached hydrogen (secondary N) is 2. The van der Waals surface area contributed by atoms with Gasteiger partial charge in [-0.25, -0.2) is 13.4 Å². The number of hydrogen-bond acceptors (Lipinski definition) is 7. The van der Waals surface area contributed by atoms with E-state index in [9.17, 15) is 8.42 Å². The van der Waals surface area contributed by atoms with Crippen molar-refractivity contribution in [3.05, 3.63) is 41.9 Å². The van der Waals surface area contributed by atoms with E-state index in [4.69, 9.17) is 0 Å². The van der Waals surface area contributed by atoms with Crippen LogP contribution in [0.3, 0.4) is 0 Å². The molecule has 1 atom stereocenters. The van der Waals surface area contributed by atoms with Gasteiger partial charge in [0.1, 0.15) is 5.82 Å². The number of hydrogen-bond donors (Lipinski definition) is 2. The predicted molar refractivity (Wildman–Crippen MR) is 89.0 cm³/mol. The summed E-state index contributed by atoms with van der Waals surface area (Å²) < 4.78 is 23.1. The van der Waals surface area contributed by atoms with Crippen LogP contribution < -0.4 is 10.6 Å². The van der Waals surface area contributed by atoms with Crippen LogP contribution in [0.2, 0.25) is 0 Å². The fourth-order valence-corrected chi connectivity index (χ4v) is 4.18. The maximum Gasteiger partial charge on any atom is 0.225 e. The highest BCUT2D eigenvalue weighted by atomic mass is 32.2. The van der Waals surface area contributed by atoms with Gasteiger partial charge in [0.05, 0.1) is 11.5 Å². The van der Waals surface area contributed by atoms with Crippen molar-refractivity contribution in [1.29, 1.82) is 0 Å². The van der Waals surface area contributed by atoms with Crippen LogP contribution in [0, 0.1) is 6.92 Å². The molecule has 7 nitrogen and oxygen atoms in total. The summed E-state index contributed by atoms with van der Waals surface area (Å²) in [5, 5.41) is 6.37. The first kappa shape index (κ1) is 15.7. The van der Waals surface area contributed by atoms with Crippen LogP contribution in [0.5, 0.6) is 0 Å². The summed E-state index contributed by atoms with van der Waals surface area (Å²) in [5.41, 5.74) is 1.92. The summed E-state index contributed by atoms with van der Waals surface area (Å²) in [6.45, 7) is 2.52.